The van der Waals surface area contributed by atoms with Crippen molar-refractivity contribution in [2.75, 3.05) is 13.1 Å². The Morgan fingerprint density at radius 3 is 2.73 bits per heavy atom. The van der Waals surface area contributed by atoms with Gasteiger partial charge in [0, 0.05) is 37.7 Å². The van der Waals surface area contributed by atoms with Gasteiger partial charge in [0.1, 0.15) is 11.5 Å². The van der Waals surface area contributed by atoms with E-state index < -0.39 is 17.1 Å². The van der Waals surface area contributed by atoms with E-state index in [1.165, 1.54) is 12.3 Å². The minimum atomic E-state index is -0.901. The van der Waals surface area contributed by atoms with E-state index in [1.807, 2.05) is 30.1 Å². The second-order valence-electron chi connectivity index (χ2n) is 8.87. The van der Waals surface area contributed by atoms with E-state index in [4.69, 9.17) is 4.74 Å². The van der Waals surface area contributed by atoms with Crippen LogP contribution in [-0.2, 0) is 14.3 Å². The summed E-state index contributed by atoms with van der Waals surface area (Å²) < 4.78 is 20.2. The van der Waals surface area contributed by atoms with Crippen LogP contribution in [0.1, 0.15) is 57.1 Å². The van der Waals surface area contributed by atoms with E-state index in [0.717, 1.165) is 18.4 Å². The molecule has 1 aliphatic carbocycles. The number of rotatable bonds is 2. The second-order valence-corrected chi connectivity index (χ2v) is 8.87. The number of hydrogen-bond acceptors (Lipinski definition) is 4. The molecule has 0 N–H and O–H groups in total. The van der Waals surface area contributed by atoms with E-state index in [-0.39, 0.29) is 17.9 Å². The monoisotopic (exact) mass is 411 g/mol. The molecule has 1 aromatic heterocycles. The Morgan fingerprint density at radius 2 is 2.03 bits per heavy atom. The molecule has 4 aliphatic rings. The zero-order chi connectivity index (χ0) is 20.9. The third kappa shape index (κ3) is 2.98. The van der Waals surface area contributed by atoms with Crippen LogP contribution >= 0.6 is 0 Å². The maximum atomic E-state index is 13.7. The van der Waals surface area contributed by atoms with E-state index in [2.05, 4.69) is 4.98 Å². The molecule has 0 aromatic carbocycles. The number of hydrogen-bond donors (Lipinski definition) is 0. The average molecular weight is 411 g/mol. The van der Waals surface area contributed by atoms with Gasteiger partial charge >= 0.3 is 0 Å². The van der Waals surface area contributed by atoms with Crippen LogP contribution in [0.25, 0.3) is 0 Å². The first kappa shape index (κ1) is 19.4. The van der Waals surface area contributed by atoms with Crippen molar-refractivity contribution in [2.45, 2.75) is 62.8 Å². The van der Waals surface area contributed by atoms with Gasteiger partial charge in [-0.3, -0.25) is 14.6 Å². The number of nitrogens with zero attached hydrogens (tertiary/aromatic N) is 3. The second kappa shape index (κ2) is 7.01. The van der Waals surface area contributed by atoms with Gasteiger partial charge in [0.25, 0.3) is 11.8 Å². The van der Waals surface area contributed by atoms with Gasteiger partial charge in [0.05, 0.1) is 12.2 Å². The summed E-state index contributed by atoms with van der Waals surface area (Å²) in [6.07, 6.45) is 12.9. The van der Waals surface area contributed by atoms with Gasteiger partial charge in [0.2, 0.25) is 0 Å². The van der Waals surface area contributed by atoms with Gasteiger partial charge in [-0.05, 0) is 44.2 Å². The van der Waals surface area contributed by atoms with E-state index >= 15 is 0 Å². The number of carbonyl (C=O) groups excluding carboxylic acids is 2. The average Bonchev–Trinajstić information content (AvgIpc) is 3.19. The molecular weight excluding hydrogens is 385 g/mol. The summed E-state index contributed by atoms with van der Waals surface area (Å²) in [5, 5.41) is 0. The van der Waals surface area contributed by atoms with Crippen molar-refractivity contribution >= 4 is 11.8 Å². The highest BCUT2D eigenvalue weighted by Gasteiger charge is 2.63. The third-order valence-electron chi connectivity index (χ3n) is 6.94. The molecule has 30 heavy (non-hydrogen) atoms. The SMILES string of the molecule is C[C@@]12CC[C@@H](c3cncc(F)c3)N1C(=O)C1(CCN(C(=O)C3=CCCC=C3)CC1)O2. The Balaban J connectivity index is 1.34. The van der Waals surface area contributed by atoms with Crippen molar-refractivity contribution in [1.82, 2.24) is 14.8 Å². The molecule has 7 heteroatoms. The van der Waals surface area contributed by atoms with Crippen LogP contribution < -0.4 is 0 Å². The Hall–Kier alpha value is -2.54. The summed E-state index contributed by atoms with van der Waals surface area (Å²) in [5.74, 6) is -0.413. The molecule has 2 amide bonds. The third-order valence-corrected chi connectivity index (χ3v) is 6.94. The Morgan fingerprint density at radius 1 is 1.23 bits per heavy atom. The van der Waals surface area contributed by atoms with Crippen molar-refractivity contribution in [3.63, 3.8) is 0 Å². The lowest BCUT2D eigenvalue weighted by molar-refractivity contribution is -0.154. The maximum Gasteiger partial charge on any atom is 0.257 e. The largest absolute Gasteiger partial charge is 0.339 e. The standard InChI is InChI=1S/C23H26FN3O3/c1-22-8-7-19(17-13-18(24)15-25-14-17)27(22)21(29)23(30-22)9-11-26(12-10-23)20(28)16-5-3-2-4-6-16/h3,5-6,13-15,19H,2,4,7-12H2,1H3/t19-,22+/m0/s1. The zero-order valence-corrected chi connectivity index (χ0v) is 17.1. The lowest BCUT2D eigenvalue weighted by atomic mass is 9.89. The number of piperidine rings is 1. The van der Waals surface area contributed by atoms with Crippen LogP contribution in [0.3, 0.4) is 0 Å². The normalized spacial score (nSPS) is 30.0. The minimum absolute atomic E-state index is 0.0293. The fourth-order valence-corrected chi connectivity index (χ4v) is 5.39. The number of likely N-dealkylation sites (tertiary alicyclic amines) is 1. The van der Waals surface area contributed by atoms with Crippen LogP contribution in [0.2, 0.25) is 0 Å². The summed E-state index contributed by atoms with van der Waals surface area (Å²) in [5.41, 5.74) is -0.158. The summed E-state index contributed by atoms with van der Waals surface area (Å²) >= 11 is 0. The lowest BCUT2D eigenvalue weighted by Gasteiger charge is -2.38. The van der Waals surface area contributed by atoms with Gasteiger partial charge in [-0.1, -0.05) is 18.2 Å². The van der Waals surface area contributed by atoms with Gasteiger partial charge < -0.3 is 14.5 Å². The van der Waals surface area contributed by atoms with Crippen molar-refractivity contribution in [1.29, 1.82) is 0 Å². The van der Waals surface area contributed by atoms with E-state index in [0.29, 0.717) is 44.3 Å². The number of pyridine rings is 1. The molecule has 6 nitrogen and oxygen atoms in total. The number of carbonyl (C=O) groups is 2. The highest BCUT2D eigenvalue weighted by molar-refractivity contribution is 5.97. The van der Waals surface area contributed by atoms with Crippen molar-refractivity contribution < 1.29 is 18.7 Å². The van der Waals surface area contributed by atoms with E-state index in [1.54, 1.807) is 11.1 Å². The maximum absolute atomic E-state index is 13.7. The minimum Gasteiger partial charge on any atom is -0.339 e. The molecule has 3 saturated heterocycles. The lowest BCUT2D eigenvalue weighted by Crippen LogP contribution is -2.51. The molecule has 0 unspecified atom stereocenters. The first-order valence-electron chi connectivity index (χ1n) is 10.7. The molecule has 158 valence electrons. The molecule has 0 saturated carbocycles. The van der Waals surface area contributed by atoms with Gasteiger partial charge in [-0.15, -0.1) is 0 Å². The molecule has 1 spiro atoms. The fourth-order valence-electron chi connectivity index (χ4n) is 5.39. The molecule has 2 atom stereocenters. The molecule has 1 aromatic rings. The Kier molecular flexibility index (Phi) is 4.54. The summed E-state index contributed by atoms with van der Waals surface area (Å²) in [6, 6.07) is 1.22. The highest BCUT2D eigenvalue weighted by atomic mass is 19.1. The number of ether oxygens (including phenoxy) is 1. The Labute approximate surface area is 175 Å². The summed E-state index contributed by atoms with van der Waals surface area (Å²) in [4.78, 5) is 34.0. The van der Waals surface area contributed by atoms with Gasteiger partial charge in [0.15, 0.2) is 5.60 Å². The van der Waals surface area contributed by atoms with Crippen LogP contribution in [0.5, 0.6) is 0 Å². The summed E-state index contributed by atoms with van der Waals surface area (Å²) in [7, 11) is 0. The van der Waals surface area contributed by atoms with Crippen molar-refractivity contribution in [3.05, 3.63) is 53.6 Å². The van der Waals surface area contributed by atoms with Crippen molar-refractivity contribution in [2.24, 2.45) is 0 Å². The smallest absolute Gasteiger partial charge is 0.257 e. The Bertz CT molecular complexity index is 951. The number of amides is 2. The molecule has 3 aliphatic heterocycles. The number of fused-ring (bicyclic) bond motifs is 1. The first-order chi connectivity index (χ1) is 14.4. The predicted molar refractivity (Wildman–Crippen MR) is 108 cm³/mol. The van der Waals surface area contributed by atoms with Crippen LogP contribution in [0, 0.1) is 5.82 Å². The number of aromatic nitrogens is 1. The summed E-state index contributed by atoms with van der Waals surface area (Å²) in [6.45, 7) is 2.93. The molecule has 5 rings (SSSR count). The fraction of sp³-hybridized carbons (Fsp3) is 0.522. The molecular formula is C23H26FN3O3. The molecule has 0 bridgehead atoms. The van der Waals surface area contributed by atoms with Crippen LogP contribution in [0.15, 0.2) is 42.3 Å². The van der Waals surface area contributed by atoms with Crippen LogP contribution in [-0.4, -0.2) is 51.0 Å². The highest BCUT2D eigenvalue weighted by Crippen LogP contribution is 2.53. The van der Waals surface area contributed by atoms with Crippen LogP contribution in [0.4, 0.5) is 4.39 Å². The predicted octanol–water partition coefficient (Wildman–Crippen LogP) is 3.27. The topological polar surface area (TPSA) is 62.7 Å². The number of halogens is 1. The first-order valence-corrected chi connectivity index (χ1v) is 10.7. The molecule has 4 heterocycles. The molecule has 3 fully saturated rings. The molecule has 0 radical (unpaired) electrons. The van der Waals surface area contributed by atoms with Crippen molar-refractivity contribution in [3.8, 4) is 0 Å². The van der Waals surface area contributed by atoms with E-state index in [9.17, 15) is 14.0 Å². The number of allylic oxidation sites excluding steroid dienone is 2. The zero-order valence-electron chi connectivity index (χ0n) is 17.1. The van der Waals surface area contributed by atoms with Gasteiger partial charge in [-0.2, -0.15) is 0 Å². The quantitative estimate of drug-likeness (QED) is 0.749. The van der Waals surface area contributed by atoms with Gasteiger partial charge in [-0.25, -0.2) is 4.39 Å².